The maximum atomic E-state index is 10.4. The summed E-state index contributed by atoms with van der Waals surface area (Å²) in [6.07, 6.45) is 10.5. The minimum absolute atomic E-state index is 0.0503. The molecule has 1 unspecified atom stereocenters. The molecule has 0 amide bonds. The van der Waals surface area contributed by atoms with Gasteiger partial charge in [0.1, 0.15) is 0 Å². The topological polar surface area (TPSA) is 75.9 Å². The van der Waals surface area contributed by atoms with E-state index < -0.39 is 0 Å². The Kier molecular flexibility index (Phi) is 3.67. The second kappa shape index (κ2) is 5.96. The van der Waals surface area contributed by atoms with Gasteiger partial charge in [-0.2, -0.15) is 0 Å². The number of fused-ring (bicyclic) bond motifs is 1. The number of pyridine rings is 2. The fourth-order valence-corrected chi connectivity index (χ4v) is 3.42. The number of nitrogens with zero attached hydrogens (tertiary/aromatic N) is 4. The highest BCUT2D eigenvalue weighted by molar-refractivity contribution is 5.88. The Labute approximate surface area is 134 Å². The lowest BCUT2D eigenvalue weighted by atomic mass is 10.1. The Morgan fingerprint density at radius 1 is 1.17 bits per heavy atom. The molecule has 1 aliphatic rings. The monoisotopic (exact) mass is 309 g/mol. The fourth-order valence-electron chi connectivity index (χ4n) is 3.42. The van der Waals surface area contributed by atoms with Gasteiger partial charge in [-0.15, -0.1) is 0 Å². The molecule has 1 aliphatic carbocycles. The fraction of sp³-hybridized carbons (Fsp3) is 0.353. The first-order valence-electron chi connectivity index (χ1n) is 7.89. The Morgan fingerprint density at radius 3 is 2.96 bits per heavy atom. The smallest absolute Gasteiger partial charge is 0.161 e. The third-order valence-electron chi connectivity index (χ3n) is 4.51. The van der Waals surface area contributed by atoms with E-state index in [1.54, 1.807) is 18.6 Å². The summed E-state index contributed by atoms with van der Waals surface area (Å²) in [4.78, 5) is 12.6. The molecule has 0 radical (unpaired) electrons. The molecule has 1 saturated carbocycles. The number of hydrogen-bond acceptors (Lipinski definition) is 5. The normalized spacial score (nSPS) is 24.1. The Morgan fingerprint density at radius 2 is 2.09 bits per heavy atom. The van der Waals surface area contributed by atoms with Crippen LogP contribution in [0.1, 0.15) is 12.8 Å². The molecule has 23 heavy (non-hydrogen) atoms. The van der Waals surface area contributed by atoms with Crippen molar-refractivity contribution in [3.05, 3.63) is 49.3 Å². The summed E-state index contributed by atoms with van der Waals surface area (Å²) in [6.45, 7) is 0.897. The Balaban J connectivity index is 1.50. The molecule has 3 aromatic heterocycles. The third kappa shape index (κ3) is 2.90. The third-order valence-corrected chi connectivity index (χ3v) is 4.51. The highest BCUT2D eigenvalue weighted by atomic mass is 16.3. The zero-order valence-electron chi connectivity index (χ0n) is 12.7. The summed E-state index contributed by atoms with van der Waals surface area (Å²) in [5.41, 5.74) is 1.70. The standard InChI is InChI=1S/C17H19N5O/c23-16-9-12(10-22-7-6-18-11-22)8-15(16)21-14-3-5-20-17-13(14)2-1-4-19-17/h1-7,11-12,15-16,23H,8-10H2,(H,19,20,21)/t12?,15-,16-/m1/s1. The van der Waals surface area contributed by atoms with Crippen LogP contribution in [0.5, 0.6) is 0 Å². The van der Waals surface area contributed by atoms with Crippen molar-refractivity contribution in [2.24, 2.45) is 5.92 Å². The molecule has 0 bridgehead atoms. The molecular formula is C17H19N5O. The largest absolute Gasteiger partial charge is 0.391 e. The molecule has 3 heterocycles. The highest BCUT2D eigenvalue weighted by Gasteiger charge is 2.33. The van der Waals surface area contributed by atoms with E-state index >= 15 is 0 Å². The first-order chi connectivity index (χ1) is 11.3. The van der Waals surface area contributed by atoms with Crippen LogP contribution in [-0.2, 0) is 6.54 Å². The maximum Gasteiger partial charge on any atom is 0.161 e. The summed E-state index contributed by atoms with van der Waals surface area (Å²) < 4.78 is 2.07. The van der Waals surface area contributed by atoms with Crippen LogP contribution in [0.3, 0.4) is 0 Å². The maximum absolute atomic E-state index is 10.4. The molecule has 3 aromatic rings. The number of aliphatic hydroxyl groups excluding tert-OH is 1. The molecule has 3 atom stereocenters. The Bertz CT molecular complexity index is 783. The summed E-state index contributed by atoms with van der Waals surface area (Å²) in [5.74, 6) is 0.447. The second-order valence-electron chi connectivity index (χ2n) is 6.15. The second-order valence-corrected chi connectivity index (χ2v) is 6.15. The summed E-state index contributed by atoms with van der Waals surface area (Å²) in [6, 6.07) is 5.90. The number of anilines is 1. The van der Waals surface area contributed by atoms with Gasteiger partial charge in [-0.25, -0.2) is 15.0 Å². The van der Waals surface area contributed by atoms with E-state index in [0.717, 1.165) is 36.1 Å². The van der Waals surface area contributed by atoms with Crippen LogP contribution < -0.4 is 5.32 Å². The van der Waals surface area contributed by atoms with E-state index in [2.05, 4.69) is 24.8 Å². The first-order valence-corrected chi connectivity index (χ1v) is 7.89. The summed E-state index contributed by atoms with van der Waals surface area (Å²) in [7, 11) is 0. The molecule has 6 heteroatoms. The molecule has 4 rings (SSSR count). The summed E-state index contributed by atoms with van der Waals surface area (Å²) in [5, 5.41) is 14.9. The molecule has 118 valence electrons. The van der Waals surface area contributed by atoms with Crippen molar-refractivity contribution in [3.8, 4) is 0 Å². The van der Waals surface area contributed by atoms with Crippen molar-refractivity contribution >= 4 is 16.7 Å². The molecule has 1 fully saturated rings. The predicted octanol–water partition coefficient (Wildman–Crippen LogP) is 2.08. The Hall–Kier alpha value is -2.47. The number of nitrogens with one attached hydrogen (secondary N) is 1. The highest BCUT2D eigenvalue weighted by Crippen LogP contribution is 2.31. The van der Waals surface area contributed by atoms with Gasteiger partial charge in [0.25, 0.3) is 0 Å². The van der Waals surface area contributed by atoms with Gasteiger partial charge in [-0.1, -0.05) is 0 Å². The van der Waals surface area contributed by atoms with E-state index in [9.17, 15) is 5.11 Å². The van der Waals surface area contributed by atoms with Gasteiger partial charge in [0.15, 0.2) is 5.65 Å². The molecule has 6 nitrogen and oxygen atoms in total. The van der Waals surface area contributed by atoms with Gasteiger partial charge in [0.2, 0.25) is 0 Å². The molecule has 0 spiro atoms. The predicted molar refractivity (Wildman–Crippen MR) is 87.9 cm³/mol. The van der Waals surface area contributed by atoms with Crippen LogP contribution in [-0.4, -0.2) is 36.8 Å². The van der Waals surface area contributed by atoms with Crippen molar-refractivity contribution < 1.29 is 5.11 Å². The van der Waals surface area contributed by atoms with Gasteiger partial charge < -0.3 is 15.0 Å². The average molecular weight is 309 g/mol. The van der Waals surface area contributed by atoms with E-state index in [-0.39, 0.29) is 12.1 Å². The van der Waals surface area contributed by atoms with Crippen molar-refractivity contribution in [2.75, 3.05) is 5.32 Å². The van der Waals surface area contributed by atoms with E-state index in [4.69, 9.17) is 0 Å². The van der Waals surface area contributed by atoms with Crippen molar-refractivity contribution in [3.63, 3.8) is 0 Å². The minimum atomic E-state index is -0.344. The summed E-state index contributed by atoms with van der Waals surface area (Å²) >= 11 is 0. The first kappa shape index (κ1) is 14.1. The lowest BCUT2D eigenvalue weighted by molar-refractivity contribution is 0.166. The van der Waals surface area contributed by atoms with E-state index in [0.29, 0.717) is 5.92 Å². The van der Waals surface area contributed by atoms with Crippen LogP contribution in [0, 0.1) is 5.92 Å². The quantitative estimate of drug-likeness (QED) is 0.771. The number of aliphatic hydroxyl groups is 1. The number of imidazole rings is 1. The van der Waals surface area contributed by atoms with Gasteiger partial charge >= 0.3 is 0 Å². The number of hydrogen-bond donors (Lipinski definition) is 2. The minimum Gasteiger partial charge on any atom is -0.391 e. The zero-order valence-corrected chi connectivity index (χ0v) is 12.7. The van der Waals surface area contributed by atoms with Gasteiger partial charge in [0.05, 0.1) is 18.5 Å². The molecule has 0 aliphatic heterocycles. The van der Waals surface area contributed by atoms with E-state index in [1.807, 2.05) is 30.7 Å². The molecular weight excluding hydrogens is 290 g/mol. The number of aromatic nitrogens is 4. The van der Waals surface area contributed by atoms with Crippen LogP contribution in [0.25, 0.3) is 11.0 Å². The van der Waals surface area contributed by atoms with Crippen molar-refractivity contribution in [1.82, 2.24) is 19.5 Å². The zero-order chi connectivity index (χ0) is 15.6. The molecule has 2 N–H and O–H groups in total. The molecule has 0 saturated heterocycles. The van der Waals surface area contributed by atoms with Crippen LogP contribution in [0.4, 0.5) is 5.69 Å². The van der Waals surface area contributed by atoms with Crippen LogP contribution >= 0.6 is 0 Å². The number of rotatable bonds is 4. The molecule has 0 aromatic carbocycles. The van der Waals surface area contributed by atoms with Gasteiger partial charge in [0, 0.05) is 42.4 Å². The SMILES string of the molecule is O[C@@H]1CC(Cn2ccnc2)C[C@H]1Nc1ccnc2ncccc12. The van der Waals surface area contributed by atoms with Crippen molar-refractivity contribution in [2.45, 2.75) is 31.5 Å². The van der Waals surface area contributed by atoms with E-state index in [1.165, 1.54) is 0 Å². The van der Waals surface area contributed by atoms with Gasteiger partial charge in [-0.05, 0) is 37.0 Å². The van der Waals surface area contributed by atoms with Gasteiger partial charge in [-0.3, -0.25) is 0 Å². The average Bonchev–Trinajstić information content (AvgIpc) is 3.18. The van der Waals surface area contributed by atoms with Crippen LogP contribution in [0.15, 0.2) is 49.3 Å². The lowest BCUT2D eigenvalue weighted by Gasteiger charge is -2.19. The van der Waals surface area contributed by atoms with Crippen molar-refractivity contribution in [1.29, 1.82) is 0 Å². The lowest BCUT2D eigenvalue weighted by Crippen LogP contribution is -2.28. The van der Waals surface area contributed by atoms with Crippen LogP contribution in [0.2, 0.25) is 0 Å².